The third-order valence-electron chi connectivity index (χ3n) is 3.94. The van der Waals surface area contributed by atoms with Crippen molar-refractivity contribution in [1.29, 1.82) is 0 Å². The average molecular weight is 472 g/mol. The quantitative estimate of drug-likeness (QED) is 0.235. The van der Waals surface area contributed by atoms with E-state index in [1.807, 2.05) is 19.1 Å². The first kappa shape index (κ1) is 20.8. The molecule has 1 amide bonds. The Labute approximate surface area is 181 Å². The third kappa shape index (κ3) is 5.76. The molecule has 3 aromatic carbocycles. The second-order valence-corrected chi connectivity index (χ2v) is 7.50. The summed E-state index contributed by atoms with van der Waals surface area (Å²) >= 11 is 9.36. The number of rotatable bonds is 5. The minimum atomic E-state index is -0.499. The molecule has 1 N–H and O–H groups in total. The van der Waals surface area contributed by atoms with Crippen LogP contribution in [0.15, 0.2) is 76.3 Å². The van der Waals surface area contributed by atoms with Crippen LogP contribution in [0, 0.1) is 6.92 Å². The Morgan fingerprint density at radius 3 is 2.34 bits per heavy atom. The van der Waals surface area contributed by atoms with E-state index >= 15 is 0 Å². The highest BCUT2D eigenvalue weighted by Crippen LogP contribution is 2.22. The molecular formula is C22H16BrClN2O3. The van der Waals surface area contributed by atoms with Gasteiger partial charge in [-0.05, 0) is 61.5 Å². The van der Waals surface area contributed by atoms with Crippen LogP contribution < -0.4 is 10.2 Å². The van der Waals surface area contributed by atoms with E-state index < -0.39 is 5.97 Å². The lowest BCUT2D eigenvalue weighted by molar-refractivity contribution is 0.0734. The molecule has 5 nitrogen and oxygen atoms in total. The van der Waals surface area contributed by atoms with Crippen molar-refractivity contribution < 1.29 is 14.3 Å². The molecule has 0 unspecified atom stereocenters. The molecule has 0 bridgehead atoms. The number of halogens is 2. The fourth-order valence-corrected chi connectivity index (χ4v) is 2.83. The van der Waals surface area contributed by atoms with Crippen molar-refractivity contribution in [3.05, 3.63) is 98.5 Å². The Morgan fingerprint density at radius 1 is 1.00 bits per heavy atom. The molecule has 3 aromatic rings. The van der Waals surface area contributed by atoms with Crippen LogP contribution in [0.25, 0.3) is 0 Å². The molecule has 0 aliphatic rings. The largest absolute Gasteiger partial charge is 0.422 e. The topological polar surface area (TPSA) is 67.8 Å². The van der Waals surface area contributed by atoms with Crippen LogP contribution in [-0.2, 0) is 0 Å². The number of nitrogens with one attached hydrogen (secondary N) is 1. The van der Waals surface area contributed by atoms with Crippen LogP contribution >= 0.6 is 27.5 Å². The zero-order chi connectivity index (χ0) is 20.8. The van der Waals surface area contributed by atoms with Crippen LogP contribution in [0.2, 0.25) is 5.02 Å². The summed E-state index contributed by atoms with van der Waals surface area (Å²) in [7, 11) is 0. The van der Waals surface area contributed by atoms with Gasteiger partial charge in [0.15, 0.2) is 0 Å². The lowest BCUT2D eigenvalue weighted by atomic mass is 10.1. The molecule has 0 atom stereocenters. The molecule has 0 aromatic heterocycles. The van der Waals surface area contributed by atoms with Gasteiger partial charge in [-0.15, -0.1) is 0 Å². The average Bonchev–Trinajstić information content (AvgIpc) is 2.70. The monoisotopic (exact) mass is 470 g/mol. The Kier molecular flexibility index (Phi) is 6.80. The first-order valence-corrected chi connectivity index (χ1v) is 9.77. The van der Waals surface area contributed by atoms with E-state index in [1.165, 1.54) is 6.21 Å². The van der Waals surface area contributed by atoms with Gasteiger partial charge >= 0.3 is 5.97 Å². The number of carbonyl (C=O) groups excluding carboxylic acids is 2. The molecule has 0 spiro atoms. The second kappa shape index (κ2) is 9.49. The van der Waals surface area contributed by atoms with Gasteiger partial charge in [-0.1, -0.05) is 45.2 Å². The maximum absolute atomic E-state index is 12.4. The minimum Gasteiger partial charge on any atom is -0.422 e. The SMILES string of the molecule is Cc1ccc(C(=O)Oc2ccc(Cl)cc2/C=N/NC(=O)c2ccc(Br)cc2)cc1. The molecule has 3 rings (SSSR count). The standard InChI is InChI=1S/C22H16BrClN2O3/c1-14-2-4-16(5-3-14)22(28)29-20-11-10-19(24)12-17(20)13-25-26-21(27)15-6-8-18(23)9-7-15/h2-13H,1H3,(H,26,27)/b25-13+. The van der Waals surface area contributed by atoms with Crippen LogP contribution in [0.4, 0.5) is 0 Å². The summed E-state index contributed by atoms with van der Waals surface area (Å²) in [6.07, 6.45) is 1.38. The first-order valence-electron chi connectivity index (χ1n) is 8.60. The molecule has 0 saturated heterocycles. The zero-order valence-corrected chi connectivity index (χ0v) is 17.7. The van der Waals surface area contributed by atoms with Crippen molar-refractivity contribution in [3.8, 4) is 5.75 Å². The second-order valence-electron chi connectivity index (χ2n) is 6.14. The molecule has 0 aliphatic heterocycles. The summed E-state index contributed by atoms with van der Waals surface area (Å²) in [6.45, 7) is 1.94. The number of benzene rings is 3. The molecule has 0 heterocycles. The van der Waals surface area contributed by atoms with Crippen LogP contribution in [-0.4, -0.2) is 18.1 Å². The predicted octanol–water partition coefficient (Wildman–Crippen LogP) is 5.39. The molecule has 0 saturated carbocycles. The number of hydrogen-bond donors (Lipinski definition) is 1. The van der Waals surface area contributed by atoms with E-state index in [4.69, 9.17) is 16.3 Å². The zero-order valence-electron chi connectivity index (χ0n) is 15.4. The number of amides is 1. The number of hydrogen-bond acceptors (Lipinski definition) is 4. The van der Waals surface area contributed by atoms with Gasteiger partial charge < -0.3 is 4.74 Å². The van der Waals surface area contributed by atoms with Crippen LogP contribution in [0.3, 0.4) is 0 Å². The molecule has 0 aliphatic carbocycles. The fraction of sp³-hybridized carbons (Fsp3) is 0.0455. The number of carbonyl (C=O) groups is 2. The molecule has 0 fully saturated rings. The number of ether oxygens (including phenoxy) is 1. The normalized spacial score (nSPS) is 10.7. The van der Waals surface area contributed by atoms with E-state index in [2.05, 4.69) is 26.5 Å². The number of aryl methyl sites for hydroxylation is 1. The maximum Gasteiger partial charge on any atom is 0.343 e. The Balaban J connectivity index is 1.73. The van der Waals surface area contributed by atoms with Crippen molar-refractivity contribution in [2.45, 2.75) is 6.92 Å². The molecule has 29 heavy (non-hydrogen) atoms. The van der Waals surface area contributed by atoms with Crippen molar-refractivity contribution in [1.82, 2.24) is 5.43 Å². The predicted molar refractivity (Wildman–Crippen MR) is 117 cm³/mol. The van der Waals surface area contributed by atoms with Gasteiger partial charge in [0.05, 0.1) is 11.8 Å². The van der Waals surface area contributed by atoms with Gasteiger partial charge in [0.1, 0.15) is 5.75 Å². The summed E-state index contributed by atoms with van der Waals surface area (Å²) < 4.78 is 6.35. The van der Waals surface area contributed by atoms with Crippen LogP contribution in [0.1, 0.15) is 31.8 Å². The summed E-state index contributed by atoms with van der Waals surface area (Å²) in [6, 6.07) is 18.7. The fourth-order valence-electron chi connectivity index (χ4n) is 2.39. The lowest BCUT2D eigenvalue weighted by Crippen LogP contribution is -2.17. The molecule has 146 valence electrons. The summed E-state index contributed by atoms with van der Waals surface area (Å²) in [5.41, 5.74) is 4.82. The molecule has 7 heteroatoms. The van der Waals surface area contributed by atoms with Gasteiger partial charge in [-0.25, -0.2) is 10.2 Å². The summed E-state index contributed by atoms with van der Waals surface area (Å²) in [5, 5.41) is 4.39. The summed E-state index contributed by atoms with van der Waals surface area (Å²) in [5.74, 6) is -0.587. The lowest BCUT2D eigenvalue weighted by Gasteiger charge is -2.08. The molecule has 0 radical (unpaired) electrons. The Hall–Kier alpha value is -2.96. The number of hydrazone groups is 1. The number of esters is 1. The third-order valence-corrected chi connectivity index (χ3v) is 4.70. The minimum absolute atomic E-state index is 0.279. The van der Waals surface area contributed by atoms with E-state index in [0.29, 0.717) is 21.7 Å². The van der Waals surface area contributed by atoms with Gasteiger partial charge in [-0.2, -0.15) is 5.10 Å². The van der Waals surface area contributed by atoms with Gasteiger partial charge in [0.2, 0.25) is 0 Å². The highest BCUT2D eigenvalue weighted by molar-refractivity contribution is 9.10. The smallest absolute Gasteiger partial charge is 0.343 e. The van der Waals surface area contributed by atoms with Crippen molar-refractivity contribution in [2.24, 2.45) is 5.10 Å². The number of nitrogens with zero attached hydrogens (tertiary/aromatic N) is 1. The van der Waals surface area contributed by atoms with Crippen molar-refractivity contribution >= 4 is 45.6 Å². The Bertz CT molecular complexity index is 1060. The Morgan fingerprint density at radius 2 is 1.66 bits per heavy atom. The highest BCUT2D eigenvalue weighted by atomic mass is 79.9. The highest BCUT2D eigenvalue weighted by Gasteiger charge is 2.12. The van der Waals surface area contributed by atoms with Crippen molar-refractivity contribution in [3.63, 3.8) is 0 Å². The van der Waals surface area contributed by atoms with E-state index in [0.717, 1.165) is 10.0 Å². The van der Waals surface area contributed by atoms with Gasteiger partial charge in [0, 0.05) is 20.6 Å². The van der Waals surface area contributed by atoms with E-state index in [1.54, 1.807) is 54.6 Å². The maximum atomic E-state index is 12.4. The van der Waals surface area contributed by atoms with E-state index in [9.17, 15) is 9.59 Å². The van der Waals surface area contributed by atoms with Crippen molar-refractivity contribution in [2.75, 3.05) is 0 Å². The van der Waals surface area contributed by atoms with Gasteiger partial charge in [-0.3, -0.25) is 4.79 Å². The summed E-state index contributed by atoms with van der Waals surface area (Å²) in [4.78, 5) is 24.5. The first-order chi connectivity index (χ1) is 13.9. The van der Waals surface area contributed by atoms with Gasteiger partial charge in [0.25, 0.3) is 5.91 Å². The van der Waals surface area contributed by atoms with Crippen LogP contribution in [0.5, 0.6) is 5.75 Å². The molecular weight excluding hydrogens is 456 g/mol. The van der Waals surface area contributed by atoms with E-state index in [-0.39, 0.29) is 11.7 Å².